The maximum atomic E-state index is 13.3. The van der Waals surface area contributed by atoms with Crippen molar-refractivity contribution in [2.45, 2.75) is 20.3 Å². The van der Waals surface area contributed by atoms with Gasteiger partial charge in [-0.05, 0) is 31.9 Å². The Balaban J connectivity index is 1.90. The van der Waals surface area contributed by atoms with Gasteiger partial charge in [0.25, 0.3) is 0 Å². The van der Waals surface area contributed by atoms with Crippen molar-refractivity contribution >= 4 is 16.5 Å². The first-order valence-electron chi connectivity index (χ1n) is 5.58. The van der Waals surface area contributed by atoms with Crippen LogP contribution in [0.4, 0.5) is 9.52 Å². The summed E-state index contributed by atoms with van der Waals surface area (Å²) in [4.78, 5) is 5.60. The van der Waals surface area contributed by atoms with E-state index in [2.05, 4.69) is 17.2 Å². The van der Waals surface area contributed by atoms with E-state index >= 15 is 0 Å². The molecule has 4 heteroatoms. The van der Waals surface area contributed by atoms with Crippen LogP contribution >= 0.6 is 11.3 Å². The quantitative estimate of drug-likeness (QED) is 0.897. The number of halogens is 1. The van der Waals surface area contributed by atoms with E-state index in [1.54, 1.807) is 17.4 Å². The van der Waals surface area contributed by atoms with Gasteiger partial charge < -0.3 is 5.32 Å². The normalized spacial score (nSPS) is 10.5. The fraction of sp³-hybridized carbons (Fsp3) is 0.308. The molecule has 90 valence electrons. The number of hydrogen-bond donors (Lipinski definition) is 1. The van der Waals surface area contributed by atoms with Gasteiger partial charge in [0.15, 0.2) is 5.13 Å². The molecule has 0 radical (unpaired) electrons. The number of anilines is 1. The zero-order valence-corrected chi connectivity index (χ0v) is 10.8. The van der Waals surface area contributed by atoms with Crippen LogP contribution in [0, 0.1) is 19.7 Å². The first-order chi connectivity index (χ1) is 8.16. The Morgan fingerprint density at radius 3 is 2.71 bits per heavy atom. The summed E-state index contributed by atoms with van der Waals surface area (Å²) in [7, 11) is 0. The minimum atomic E-state index is -0.138. The topological polar surface area (TPSA) is 24.9 Å². The molecule has 0 aliphatic heterocycles. The molecule has 0 saturated heterocycles. The molecule has 0 saturated carbocycles. The van der Waals surface area contributed by atoms with Gasteiger partial charge in [0.1, 0.15) is 5.82 Å². The largest absolute Gasteiger partial charge is 0.361 e. The summed E-state index contributed by atoms with van der Waals surface area (Å²) in [5.74, 6) is -0.138. The lowest BCUT2D eigenvalue weighted by Gasteiger charge is -2.03. The van der Waals surface area contributed by atoms with Crippen LogP contribution in [0.2, 0.25) is 0 Å². The SMILES string of the molecule is Cc1nc(NCCc2ccccc2F)sc1C. The van der Waals surface area contributed by atoms with Gasteiger partial charge in [-0.2, -0.15) is 0 Å². The first-order valence-corrected chi connectivity index (χ1v) is 6.40. The zero-order chi connectivity index (χ0) is 12.3. The third kappa shape index (κ3) is 3.03. The Bertz CT molecular complexity index is 488. The third-order valence-electron chi connectivity index (χ3n) is 2.66. The standard InChI is InChI=1S/C13H15FN2S/c1-9-10(2)17-13(16-9)15-8-7-11-5-3-4-6-12(11)14/h3-6H,7-8H2,1-2H3,(H,15,16). The predicted molar refractivity (Wildman–Crippen MR) is 70.2 cm³/mol. The monoisotopic (exact) mass is 250 g/mol. The summed E-state index contributed by atoms with van der Waals surface area (Å²) in [5.41, 5.74) is 1.80. The van der Waals surface area contributed by atoms with E-state index in [-0.39, 0.29) is 5.82 Å². The van der Waals surface area contributed by atoms with E-state index in [1.807, 2.05) is 19.1 Å². The lowest BCUT2D eigenvalue weighted by Crippen LogP contribution is -2.05. The minimum absolute atomic E-state index is 0.138. The molecule has 0 atom stereocenters. The number of nitrogens with zero attached hydrogens (tertiary/aromatic N) is 1. The van der Waals surface area contributed by atoms with Crippen LogP contribution in [-0.4, -0.2) is 11.5 Å². The van der Waals surface area contributed by atoms with Crippen molar-refractivity contribution in [3.8, 4) is 0 Å². The smallest absolute Gasteiger partial charge is 0.183 e. The van der Waals surface area contributed by atoms with Crippen LogP contribution in [0.1, 0.15) is 16.1 Å². The van der Waals surface area contributed by atoms with Crippen molar-refractivity contribution in [2.75, 3.05) is 11.9 Å². The molecular weight excluding hydrogens is 235 g/mol. The maximum Gasteiger partial charge on any atom is 0.183 e. The molecule has 1 heterocycles. The molecule has 1 aromatic carbocycles. The zero-order valence-electron chi connectivity index (χ0n) is 9.96. The third-order valence-corrected chi connectivity index (χ3v) is 3.69. The number of thiazole rings is 1. The van der Waals surface area contributed by atoms with E-state index in [4.69, 9.17) is 0 Å². The van der Waals surface area contributed by atoms with Gasteiger partial charge in [-0.1, -0.05) is 18.2 Å². The number of aromatic nitrogens is 1. The second kappa shape index (κ2) is 5.27. The van der Waals surface area contributed by atoms with Gasteiger partial charge in [0.05, 0.1) is 5.69 Å². The molecule has 2 nitrogen and oxygen atoms in total. The average molecular weight is 250 g/mol. The van der Waals surface area contributed by atoms with Crippen LogP contribution in [0.15, 0.2) is 24.3 Å². The van der Waals surface area contributed by atoms with Crippen molar-refractivity contribution in [2.24, 2.45) is 0 Å². The van der Waals surface area contributed by atoms with Crippen LogP contribution in [0.25, 0.3) is 0 Å². The Labute approximate surface area is 105 Å². The number of aryl methyl sites for hydroxylation is 2. The number of hydrogen-bond acceptors (Lipinski definition) is 3. The van der Waals surface area contributed by atoms with Gasteiger partial charge in [-0.15, -0.1) is 11.3 Å². The van der Waals surface area contributed by atoms with Gasteiger partial charge in [0, 0.05) is 11.4 Å². The minimum Gasteiger partial charge on any atom is -0.361 e. The second-order valence-electron chi connectivity index (χ2n) is 3.93. The number of nitrogens with one attached hydrogen (secondary N) is 1. The Kier molecular flexibility index (Phi) is 3.74. The van der Waals surface area contributed by atoms with Crippen molar-refractivity contribution in [1.29, 1.82) is 0 Å². The number of rotatable bonds is 4. The molecule has 0 unspecified atom stereocenters. The summed E-state index contributed by atoms with van der Waals surface area (Å²) in [5, 5.41) is 4.14. The highest BCUT2D eigenvalue weighted by atomic mass is 32.1. The maximum absolute atomic E-state index is 13.3. The number of benzene rings is 1. The Morgan fingerprint density at radius 2 is 2.06 bits per heavy atom. The molecule has 0 spiro atoms. The lowest BCUT2D eigenvalue weighted by atomic mass is 10.1. The van der Waals surface area contributed by atoms with Crippen molar-refractivity contribution < 1.29 is 4.39 Å². The van der Waals surface area contributed by atoms with Crippen LogP contribution in [0.5, 0.6) is 0 Å². The van der Waals surface area contributed by atoms with E-state index in [9.17, 15) is 4.39 Å². The summed E-state index contributed by atoms with van der Waals surface area (Å²) < 4.78 is 13.3. The highest BCUT2D eigenvalue weighted by Gasteiger charge is 2.04. The van der Waals surface area contributed by atoms with Crippen molar-refractivity contribution in [1.82, 2.24) is 4.98 Å². The van der Waals surface area contributed by atoms with Crippen LogP contribution in [0.3, 0.4) is 0 Å². The molecule has 0 bridgehead atoms. The van der Waals surface area contributed by atoms with Crippen molar-refractivity contribution in [3.63, 3.8) is 0 Å². The molecule has 1 aromatic heterocycles. The Hall–Kier alpha value is -1.42. The summed E-state index contributed by atoms with van der Waals surface area (Å²) in [6.45, 7) is 4.75. The molecule has 2 rings (SSSR count). The summed E-state index contributed by atoms with van der Waals surface area (Å²) in [6.07, 6.45) is 0.671. The molecule has 0 amide bonds. The Morgan fingerprint density at radius 1 is 1.29 bits per heavy atom. The molecule has 1 N–H and O–H groups in total. The first kappa shape index (κ1) is 12.0. The molecule has 0 aliphatic carbocycles. The predicted octanol–water partition coefficient (Wildman–Crippen LogP) is 3.55. The molecule has 0 aliphatic rings. The van der Waals surface area contributed by atoms with Gasteiger partial charge >= 0.3 is 0 Å². The summed E-state index contributed by atoms with van der Waals surface area (Å²) >= 11 is 1.64. The van der Waals surface area contributed by atoms with Crippen molar-refractivity contribution in [3.05, 3.63) is 46.2 Å². The summed E-state index contributed by atoms with van der Waals surface area (Å²) in [6, 6.07) is 6.87. The van der Waals surface area contributed by atoms with Gasteiger partial charge in [0.2, 0.25) is 0 Å². The van der Waals surface area contributed by atoms with E-state index in [0.29, 0.717) is 13.0 Å². The highest BCUT2D eigenvalue weighted by Crippen LogP contribution is 2.21. The molecular formula is C13H15FN2S. The van der Waals surface area contributed by atoms with Crippen LogP contribution < -0.4 is 5.32 Å². The van der Waals surface area contributed by atoms with E-state index < -0.39 is 0 Å². The van der Waals surface area contributed by atoms with Crippen LogP contribution in [-0.2, 0) is 6.42 Å². The fourth-order valence-corrected chi connectivity index (χ4v) is 2.39. The fourth-order valence-electron chi connectivity index (χ4n) is 1.55. The molecule has 0 fully saturated rings. The second-order valence-corrected chi connectivity index (χ2v) is 5.13. The lowest BCUT2D eigenvalue weighted by molar-refractivity contribution is 0.610. The highest BCUT2D eigenvalue weighted by molar-refractivity contribution is 7.15. The molecule has 2 aromatic rings. The van der Waals surface area contributed by atoms with E-state index in [1.165, 1.54) is 10.9 Å². The average Bonchev–Trinajstić information content (AvgIpc) is 2.61. The molecule has 17 heavy (non-hydrogen) atoms. The van der Waals surface area contributed by atoms with E-state index in [0.717, 1.165) is 16.4 Å². The van der Waals surface area contributed by atoms with Gasteiger partial charge in [-0.25, -0.2) is 9.37 Å². The van der Waals surface area contributed by atoms with Gasteiger partial charge in [-0.3, -0.25) is 0 Å².